The van der Waals surface area contributed by atoms with Crippen molar-refractivity contribution in [2.24, 2.45) is 0 Å². The Morgan fingerprint density at radius 3 is 2.26 bits per heavy atom. The van der Waals surface area contributed by atoms with Crippen LogP contribution in [0.3, 0.4) is 0 Å². The van der Waals surface area contributed by atoms with Crippen molar-refractivity contribution < 1.29 is 18.9 Å². The van der Waals surface area contributed by atoms with Gasteiger partial charge in [0.2, 0.25) is 0 Å². The summed E-state index contributed by atoms with van der Waals surface area (Å²) in [6.45, 7) is 3.80. The van der Waals surface area contributed by atoms with E-state index < -0.39 is 10.8 Å². The van der Waals surface area contributed by atoms with Crippen LogP contribution >= 0.6 is 11.6 Å². The lowest BCUT2D eigenvalue weighted by molar-refractivity contribution is -0.384. The first kappa shape index (κ1) is 25.6. The van der Waals surface area contributed by atoms with Crippen molar-refractivity contribution >= 4 is 46.2 Å². The van der Waals surface area contributed by atoms with E-state index in [1.165, 1.54) is 12.3 Å². The molecule has 5 rings (SSSR count). The van der Waals surface area contributed by atoms with Crippen LogP contribution in [-0.2, 0) is 0 Å². The van der Waals surface area contributed by atoms with Crippen LogP contribution < -0.4 is 15.1 Å². The predicted octanol–water partition coefficient (Wildman–Crippen LogP) is 5.05. The summed E-state index contributed by atoms with van der Waals surface area (Å²) in [5, 5.41) is 15.0. The fourth-order valence-electron chi connectivity index (χ4n) is 4.96. The number of piperazine rings is 1. The summed E-state index contributed by atoms with van der Waals surface area (Å²) in [4.78, 5) is 42.6. The molecule has 0 aliphatic carbocycles. The van der Waals surface area contributed by atoms with Crippen LogP contribution in [0, 0.1) is 10.1 Å². The first-order chi connectivity index (χ1) is 18.4. The Balaban J connectivity index is 1.24. The van der Waals surface area contributed by atoms with Gasteiger partial charge < -0.3 is 24.4 Å². The molecular formula is C27H28ClN5O5. The lowest BCUT2D eigenvalue weighted by Gasteiger charge is -2.36. The quantitative estimate of drug-likeness (QED) is 0.346. The third-order valence-corrected chi connectivity index (χ3v) is 7.28. The second kappa shape index (κ2) is 11.1. The van der Waals surface area contributed by atoms with Gasteiger partial charge in [-0.3, -0.25) is 19.7 Å². The molecule has 0 bridgehead atoms. The molecule has 3 aromatic rings. The molecule has 198 valence electrons. The minimum absolute atomic E-state index is 0.0717. The van der Waals surface area contributed by atoms with Gasteiger partial charge in [-0.05, 0) is 61.7 Å². The highest BCUT2D eigenvalue weighted by atomic mass is 35.5. The number of anilines is 3. The molecule has 0 radical (unpaired) electrons. The van der Waals surface area contributed by atoms with E-state index in [-0.39, 0.29) is 17.2 Å². The summed E-state index contributed by atoms with van der Waals surface area (Å²) in [6, 6.07) is 13.2. The number of carbonyl (C=O) groups excluding carboxylic acids is 2. The van der Waals surface area contributed by atoms with Crippen LogP contribution in [0.25, 0.3) is 0 Å². The molecule has 2 saturated heterocycles. The van der Waals surface area contributed by atoms with Gasteiger partial charge in [-0.2, -0.15) is 0 Å². The highest BCUT2D eigenvalue weighted by Crippen LogP contribution is 2.33. The van der Waals surface area contributed by atoms with Gasteiger partial charge in [0.25, 0.3) is 17.5 Å². The molecule has 10 nitrogen and oxygen atoms in total. The van der Waals surface area contributed by atoms with E-state index in [1.54, 1.807) is 41.3 Å². The van der Waals surface area contributed by atoms with Crippen molar-refractivity contribution in [1.82, 2.24) is 4.90 Å². The molecule has 11 heteroatoms. The minimum atomic E-state index is -0.452. The molecule has 2 amide bonds. The van der Waals surface area contributed by atoms with Gasteiger partial charge in [0, 0.05) is 56.6 Å². The van der Waals surface area contributed by atoms with Gasteiger partial charge in [0.05, 0.1) is 21.9 Å². The summed E-state index contributed by atoms with van der Waals surface area (Å²) in [7, 11) is 0. The fraction of sp³-hybridized carbons (Fsp3) is 0.333. The van der Waals surface area contributed by atoms with Crippen molar-refractivity contribution in [3.8, 4) is 0 Å². The molecule has 3 heterocycles. The smallest absolute Gasteiger partial charge is 0.293 e. The molecule has 2 aliphatic heterocycles. The standard InChI is InChI=1S/C27H28ClN5O5/c28-21-18-20(7-9-22(21)31-12-14-32(15-13-31)27(35)25-5-4-16-38-25)29-26(34)19-6-8-23(24(17-19)33(36)37)30-10-2-1-3-11-30/h4-9,16-18H,1-3,10-15H2,(H,29,34). The summed E-state index contributed by atoms with van der Waals surface area (Å²) in [5.74, 6) is -0.266. The van der Waals surface area contributed by atoms with E-state index in [0.717, 1.165) is 38.0 Å². The first-order valence-electron chi connectivity index (χ1n) is 12.6. The maximum absolute atomic E-state index is 12.9. The Hall–Kier alpha value is -4.05. The lowest BCUT2D eigenvalue weighted by Crippen LogP contribution is -2.48. The van der Waals surface area contributed by atoms with Crippen LogP contribution in [-0.4, -0.2) is 60.9 Å². The Morgan fingerprint density at radius 2 is 1.61 bits per heavy atom. The first-order valence-corrected chi connectivity index (χ1v) is 13.0. The van der Waals surface area contributed by atoms with Crippen LogP contribution in [0.5, 0.6) is 0 Å². The molecule has 38 heavy (non-hydrogen) atoms. The van der Waals surface area contributed by atoms with Crippen molar-refractivity contribution in [2.45, 2.75) is 19.3 Å². The molecular weight excluding hydrogens is 510 g/mol. The number of rotatable bonds is 6. The normalized spacial score (nSPS) is 15.9. The SMILES string of the molecule is O=C(Nc1ccc(N2CCN(C(=O)c3ccco3)CC2)c(Cl)c1)c1ccc(N2CCCCC2)c([N+](=O)[O-])c1. The zero-order valence-electron chi connectivity index (χ0n) is 20.8. The summed E-state index contributed by atoms with van der Waals surface area (Å²) >= 11 is 6.56. The number of carbonyl (C=O) groups is 2. The highest BCUT2D eigenvalue weighted by molar-refractivity contribution is 6.33. The maximum atomic E-state index is 12.9. The van der Waals surface area contributed by atoms with E-state index in [4.69, 9.17) is 16.0 Å². The second-order valence-electron chi connectivity index (χ2n) is 9.39. The average molecular weight is 538 g/mol. The number of hydrogen-bond donors (Lipinski definition) is 1. The topological polar surface area (TPSA) is 112 Å². The summed E-state index contributed by atoms with van der Waals surface area (Å²) < 4.78 is 5.21. The van der Waals surface area contributed by atoms with E-state index in [2.05, 4.69) is 10.2 Å². The van der Waals surface area contributed by atoms with Crippen LogP contribution in [0.1, 0.15) is 40.2 Å². The van der Waals surface area contributed by atoms with Gasteiger partial charge >= 0.3 is 0 Å². The molecule has 0 unspecified atom stereocenters. The monoisotopic (exact) mass is 537 g/mol. The second-order valence-corrected chi connectivity index (χ2v) is 9.79. The molecule has 2 aliphatic rings. The number of furan rings is 1. The number of nitro groups is 1. The number of hydrogen-bond acceptors (Lipinski definition) is 7. The molecule has 0 spiro atoms. The van der Waals surface area contributed by atoms with Crippen molar-refractivity contribution in [3.05, 3.63) is 81.3 Å². The van der Waals surface area contributed by atoms with Gasteiger partial charge in [-0.15, -0.1) is 0 Å². The Labute approximate surface area is 224 Å². The number of benzene rings is 2. The van der Waals surface area contributed by atoms with E-state index in [0.29, 0.717) is 48.3 Å². The Bertz CT molecular complexity index is 1330. The summed E-state index contributed by atoms with van der Waals surface area (Å²) in [6.07, 6.45) is 4.59. The predicted molar refractivity (Wildman–Crippen MR) is 145 cm³/mol. The molecule has 1 aromatic heterocycles. The third kappa shape index (κ3) is 5.45. The number of halogens is 1. The lowest BCUT2D eigenvalue weighted by atomic mass is 10.1. The molecule has 2 fully saturated rings. The van der Waals surface area contributed by atoms with E-state index in [1.807, 2.05) is 11.0 Å². The van der Waals surface area contributed by atoms with Gasteiger partial charge in [-0.1, -0.05) is 11.6 Å². The van der Waals surface area contributed by atoms with Gasteiger partial charge in [0.1, 0.15) is 5.69 Å². The van der Waals surface area contributed by atoms with Crippen molar-refractivity contribution in [3.63, 3.8) is 0 Å². The fourth-order valence-corrected chi connectivity index (χ4v) is 5.26. The number of nitro benzene ring substituents is 1. The van der Waals surface area contributed by atoms with Gasteiger partial charge in [-0.25, -0.2) is 0 Å². The molecule has 0 saturated carbocycles. The van der Waals surface area contributed by atoms with E-state index >= 15 is 0 Å². The van der Waals surface area contributed by atoms with Crippen LogP contribution in [0.4, 0.5) is 22.7 Å². The highest BCUT2D eigenvalue weighted by Gasteiger charge is 2.26. The largest absolute Gasteiger partial charge is 0.459 e. The van der Waals surface area contributed by atoms with Crippen molar-refractivity contribution in [1.29, 1.82) is 0 Å². The molecule has 0 atom stereocenters. The third-order valence-electron chi connectivity index (χ3n) is 6.98. The van der Waals surface area contributed by atoms with Gasteiger partial charge in [0.15, 0.2) is 5.76 Å². The molecule has 1 N–H and O–H groups in total. The maximum Gasteiger partial charge on any atom is 0.293 e. The molecule has 2 aromatic carbocycles. The number of nitrogens with zero attached hydrogens (tertiary/aromatic N) is 4. The number of piperidine rings is 1. The number of amides is 2. The van der Waals surface area contributed by atoms with Crippen LogP contribution in [0.15, 0.2) is 59.2 Å². The van der Waals surface area contributed by atoms with Crippen LogP contribution in [0.2, 0.25) is 5.02 Å². The average Bonchev–Trinajstić information content (AvgIpc) is 3.48. The zero-order valence-corrected chi connectivity index (χ0v) is 21.5. The Kier molecular flexibility index (Phi) is 7.50. The minimum Gasteiger partial charge on any atom is -0.459 e. The Morgan fingerprint density at radius 1 is 0.895 bits per heavy atom. The zero-order chi connectivity index (χ0) is 26.6. The van der Waals surface area contributed by atoms with Crippen molar-refractivity contribution in [2.75, 3.05) is 54.4 Å². The van der Waals surface area contributed by atoms with E-state index in [9.17, 15) is 19.7 Å². The summed E-state index contributed by atoms with van der Waals surface area (Å²) in [5.41, 5.74) is 1.96. The number of nitrogens with one attached hydrogen (secondary N) is 1.